The molecular weight excluding hydrogens is 904 g/mol. The standard InChI is InChI=1S/C61H105N2O7P/c1-7-10-13-16-19-22-25-27-29-30-31-32-34-35-38-41-44-47-50-53-60(64)62-58(57-69-71(66,67)68-56-55-63(4,5)6)59(52-49-46-43-40-37-24-21-18-15-12-9-3)70-61(65)54-51-48-45-42-39-36-33-28-26-23-20-17-14-11-8-2/h10-11,13-14,17,19-20,22-23,26-27,29,31-32,35,38,49,52,58-59H,7-9,12,15-16,18,21,24-25,28,30,33-34,36-37,39-48,50-51,53-57H2,1-6H3,(H-,62,64,66,67)/b13-10-,14-11+,20-17+,22-19-,26-23+,29-27-,32-31-,38-35-,52-49-. The molecule has 406 valence electrons. The van der Waals surface area contributed by atoms with Crippen LogP contribution in [0, 0.1) is 0 Å². The minimum atomic E-state index is -4.71. The average Bonchev–Trinajstić information content (AvgIpc) is 3.33. The summed E-state index contributed by atoms with van der Waals surface area (Å²) in [5.74, 6) is -0.603. The Morgan fingerprint density at radius 3 is 1.52 bits per heavy atom. The van der Waals surface area contributed by atoms with Gasteiger partial charge in [0.05, 0.1) is 33.8 Å². The largest absolute Gasteiger partial charge is 0.756 e. The molecule has 0 aliphatic rings. The van der Waals surface area contributed by atoms with Crippen molar-refractivity contribution in [3.63, 3.8) is 0 Å². The Hall–Kier alpha value is -3.33. The monoisotopic (exact) mass is 1010 g/mol. The van der Waals surface area contributed by atoms with Crippen LogP contribution < -0.4 is 10.2 Å². The van der Waals surface area contributed by atoms with E-state index < -0.39 is 26.6 Å². The van der Waals surface area contributed by atoms with Crippen LogP contribution in [0.1, 0.15) is 213 Å². The molecule has 0 fully saturated rings. The quantitative estimate of drug-likeness (QED) is 0.0161. The van der Waals surface area contributed by atoms with Crippen LogP contribution in [-0.4, -0.2) is 69.4 Å². The highest BCUT2D eigenvalue weighted by Crippen LogP contribution is 2.38. The molecule has 3 unspecified atom stereocenters. The molecule has 0 aromatic rings. The van der Waals surface area contributed by atoms with Crippen LogP contribution in [-0.2, 0) is 27.9 Å². The zero-order chi connectivity index (χ0) is 52.2. The Labute approximate surface area is 436 Å². The molecule has 0 aliphatic carbocycles. The third-order valence-electron chi connectivity index (χ3n) is 11.8. The molecule has 0 saturated carbocycles. The first-order chi connectivity index (χ1) is 34.4. The molecule has 0 aromatic carbocycles. The van der Waals surface area contributed by atoms with Gasteiger partial charge in [0.25, 0.3) is 7.82 Å². The van der Waals surface area contributed by atoms with Crippen LogP contribution in [0.4, 0.5) is 0 Å². The lowest BCUT2D eigenvalue weighted by Crippen LogP contribution is -2.47. The number of allylic oxidation sites excluding steroid dienone is 17. The average molecular weight is 1010 g/mol. The maximum Gasteiger partial charge on any atom is 0.306 e. The number of quaternary nitrogens is 1. The number of likely N-dealkylation sites (N-methyl/N-ethyl adjacent to an activating group) is 1. The van der Waals surface area contributed by atoms with E-state index in [0.29, 0.717) is 23.9 Å². The summed E-state index contributed by atoms with van der Waals surface area (Å²) in [5.41, 5.74) is 0. The Bertz CT molecular complexity index is 1580. The van der Waals surface area contributed by atoms with E-state index in [4.69, 9.17) is 13.8 Å². The Balaban J connectivity index is 5.41. The van der Waals surface area contributed by atoms with Gasteiger partial charge in [-0.05, 0) is 96.0 Å². The van der Waals surface area contributed by atoms with E-state index in [9.17, 15) is 19.0 Å². The molecule has 0 rings (SSSR count). The van der Waals surface area contributed by atoms with Gasteiger partial charge in [-0.25, -0.2) is 0 Å². The normalized spacial score (nSPS) is 14.6. The lowest BCUT2D eigenvalue weighted by atomic mass is 10.1. The molecule has 0 bridgehead atoms. The maximum absolute atomic E-state index is 13.5. The molecule has 1 N–H and O–H groups in total. The first-order valence-electron chi connectivity index (χ1n) is 28.2. The van der Waals surface area contributed by atoms with E-state index in [2.05, 4.69) is 123 Å². The predicted octanol–water partition coefficient (Wildman–Crippen LogP) is 16.4. The second-order valence-electron chi connectivity index (χ2n) is 19.7. The van der Waals surface area contributed by atoms with Gasteiger partial charge < -0.3 is 28.5 Å². The third-order valence-corrected chi connectivity index (χ3v) is 12.7. The van der Waals surface area contributed by atoms with E-state index in [0.717, 1.165) is 103 Å². The second kappa shape index (κ2) is 50.2. The van der Waals surface area contributed by atoms with Crippen LogP contribution in [0.25, 0.3) is 0 Å². The van der Waals surface area contributed by atoms with Gasteiger partial charge in [0, 0.05) is 12.8 Å². The summed E-state index contributed by atoms with van der Waals surface area (Å²) in [6.45, 7) is 6.53. The van der Waals surface area contributed by atoms with E-state index in [-0.39, 0.29) is 31.3 Å². The molecule has 1 amide bonds. The van der Waals surface area contributed by atoms with E-state index in [1.165, 1.54) is 64.2 Å². The van der Waals surface area contributed by atoms with E-state index >= 15 is 0 Å². The van der Waals surface area contributed by atoms with Crippen molar-refractivity contribution >= 4 is 19.7 Å². The van der Waals surface area contributed by atoms with E-state index in [1.807, 2.05) is 33.3 Å². The smallest absolute Gasteiger partial charge is 0.306 e. The zero-order valence-electron chi connectivity index (χ0n) is 46.1. The predicted molar refractivity (Wildman–Crippen MR) is 302 cm³/mol. The number of rotatable bonds is 49. The highest BCUT2D eigenvalue weighted by atomic mass is 31.2. The van der Waals surface area contributed by atoms with Gasteiger partial charge in [-0.1, -0.05) is 214 Å². The Morgan fingerprint density at radius 2 is 0.972 bits per heavy atom. The van der Waals surface area contributed by atoms with Crippen LogP contribution in [0.2, 0.25) is 0 Å². The van der Waals surface area contributed by atoms with Crippen molar-refractivity contribution in [1.29, 1.82) is 0 Å². The SMILES string of the molecule is CC/C=C\C/C=C\C/C=C\C/C=C\C/C=C\CCCCCC(=O)NC(COP(=O)([O-])OCC[N+](C)(C)C)C(/C=C\CCCCCCCCCCC)OC(=O)CCCCCCCCC/C=C/C=C/C=C/CC. The third kappa shape index (κ3) is 51.4. The molecule has 0 radical (unpaired) electrons. The molecule has 0 heterocycles. The Morgan fingerprint density at radius 1 is 0.521 bits per heavy atom. The maximum atomic E-state index is 13.5. The zero-order valence-corrected chi connectivity index (χ0v) is 47.0. The fourth-order valence-electron chi connectivity index (χ4n) is 7.43. The number of amides is 1. The van der Waals surface area contributed by atoms with Crippen LogP contribution in [0.3, 0.4) is 0 Å². The van der Waals surface area contributed by atoms with Gasteiger partial charge in [-0.3, -0.25) is 14.2 Å². The number of hydrogen-bond donors (Lipinski definition) is 1. The molecule has 9 nitrogen and oxygen atoms in total. The first-order valence-corrected chi connectivity index (χ1v) is 29.7. The van der Waals surface area contributed by atoms with Crippen molar-refractivity contribution in [3.05, 3.63) is 109 Å². The van der Waals surface area contributed by atoms with Crippen LogP contribution >= 0.6 is 7.82 Å². The molecule has 0 saturated heterocycles. The lowest BCUT2D eigenvalue weighted by Gasteiger charge is -2.30. The molecule has 10 heteroatoms. The summed E-state index contributed by atoms with van der Waals surface area (Å²) in [4.78, 5) is 39.8. The fraction of sp³-hybridized carbons (Fsp3) is 0.672. The van der Waals surface area contributed by atoms with Crippen molar-refractivity contribution in [1.82, 2.24) is 5.32 Å². The number of hydrogen-bond acceptors (Lipinski definition) is 7. The number of carbonyl (C=O) groups is 2. The van der Waals surface area contributed by atoms with Gasteiger partial charge in [0.1, 0.15) is 19.3 Å². The first kappa shape index (κ1) is 67.7. The number of nitrogens with zero attached hydrogens (tertiary/aromatic N) is 1. The number of nitrogens with one attached hydrogen (secondary N) is 1. The van der Waals surface area contributed by atoms with Gasteiger partial charge in [-0.2, -0.15) is 0 Å². The summed E-state index contributed by atoms with van der Waals surface area (Å²) < 4.78 is 30.2. The summed E-state index contributed by atoms with van der Waals surface area (Å²) in [7, 11) is 1.14. The topological polar surface area (TPSA) is 114 Å². The molecule has 0 aromatic heterocycles. The van der Waals surface area contributed by atoms with Gasteiger partial charge >= 0.3 is 5.97 Å². The van der Waals surface area contributed by atoms with Gasteiger partial charge in [0.15, 0.2) is 0 Å². The number of ether oxygens (including phenoxy) is 1. The highest BCUT2D eigenvalue weighted by molar-refractivity contribution is 7.45. The number of phosphoric acid groups is 1. The number of unbranched alkanes of at least 4 members (excludes halogenated alkanes) is 19. The summed E-state index contributed by atoms with van der Waals surface area (Å²) in [5, 5.41) is 2.99. The highest BCUT2D eigenvalue weighted by Gasteiger charge is 2.27. The van der Waals surface area contributed by atoms with Crippen LogP contribution in [0.15, 0.2) is 109 Å². The lowest BCUT2D eigenvalue weighted by molar-refractivity contribution is -0.870. The van der Waals surface area contributed by atoms with Gasteiger partial charge in [0.2, 0.25) is 5.91 Å². The molecule has 3 atom stereocenters. The molecular formula is C61H105N2O7P. The number of carbonyl (C=O) groups excluding carboxylic acids is 2. The van der Waals surface area contributed by atoms with Crippen molar-refractivity contribution < 1.29 is 37.3 Å². The van der Waals surface area contributed by atoms with Gasteiger partial charge in [-0.15, -0.1) is 0 Å². The van der Waals surface area contributed by atoms with E-state index in [1.54, 1.807) is 0 Å². The summed E-state index contributed by atoms with van der Waals surface area (Å²) >= 11 is 0. The van der Waals surface area contributed by atoms with Crippen molar-refractivity contribution in [2.75, 3.05) is 40.9 Å². The fourth-order valence-corrected chi connectivity index (χ4v) is 8.15. The molecule has 71 heavy (non-hydrogen) atoms. The second-order valence-corrected chi connectivity index (χ2v) is 21.1. The molecule has 0 aliphatic heterocycles. The van der Waals surface area contributed by atoms with Crippen molar-refractivity contribution in [3.8, 4) is 0 Å². The number of esters is 1. The van der Waals surface area contributed by atoms with Crippen molar-refractivity contribution in [2.24, 2.45) is 0 Å². The minimum absolute atomic E-state index is 0.0371. The Kier molecular flexibility index (Phi) is 47.9. The van der Waals surface area contributed by atoms with Crippen LogP contribution in [0.5, 0.6) is 0 Å². The summed E-state index contributed by atoms with van der Waals surface area (Å²) in [6.07, 6.45) is 67.7. The minimum Gasteiger partial charge on any atom is -0.756 e. The number of phosphoric ester groups is 1. The van der Waals surface area contributed by atoms with Crippen molar-refractivity contribution in [2.45, 2.75) is 226 Å². The molecule has 0 spiro atoms. The summed E-state index contributed by atoms with van der Waals surface area (Å²) in [6, 6.07) is -0.917.